The van der Waals surface area contributed by atoms with Gasteiger partial charge in [0.2, 0.25) is 0 Å². The van der Waals surface area contributed by atoms with Gasteiger partial charge in [-0.05, 0) is 50.2 Å². The molecule has 6 heteroatoms. The number of piperidine rings is 2. The van der Waals surface area contributed by atoms with E-state index >= 15 is 0 Å². The number of amides is 2. The highest BCUT2D eigenvalue weighted by molar-refractivity contribution is 5.74. The van der Waals surface area contributed by atoms with Crippen LogP contribution in [0, 0.1) is 5.92 Å². The molecule has 3 heterocycles. The van der Waals surface area contributed by atoms with Gasteiger partial charge in [0.1, 0.15) is 0 Å². The van der Waals surface area contributed by atoms with Crippen LogP contribution in [0.4, 0.5) is 10.5 Å². The summed E-state index contributed by atoms with van der Waals surface area (Å²) in [6.07, 6.45) is 9.42. The van der Waals surface area contributed by atoms with Crippen LogP contribution < -0.4 is 10.2 Å². The summed E-state index contributed by atoms with van der Waals surface area (Å²) < 4.78 is 5.39. The zero-order chi connectivity index (χ0) is 17.5. The smallest absolute Gasteiger partial charge is 0.317 e. The van der Waals surface area contributed by atoms with Crippen molar-refractivity contribution in [1.29, 1.82) is 0 Å². The van der Waals surface area contributed by atoms with E-state index in [9.17, 15) is 4.79 Å². The lowest BCUT2D eigenvalue weighted by molar-refractivity contribution is 0.0434. The highest BCUT2D eigenvalue weighted by Gasteiger charge is 2.24. The van der Waals surface area contributed by atoms with Gasteiger partial charge in [-0.15, -0.1) is 0 Å². The first kappa shape index (κ1) is 18.0. The molecule has 2 fully saturated rings. The second-order valence-electron chi connectivity index (χ2n) is 7.10. The monoisotopic (exact) mass is 346 g/mol. The van der Waals surface area contributed by atoms with Crippen LogP contribution in [0.25, 0.3) is 0 Å². The molecular weight excluding hydrogens is 316 g/mol. The number of carbonyl (C=O) groups is 1. The lowest BCUT2D eigenvalue weighted by Gasteiger charge is -2.34. The molecule has 138 valence electrons. The average molecular weight is 346 g/mol. The van der Waals surface area contributed by atoms with Gasteiger partial charge in [0.05, 0.1) is 6.10 Å². The number of anilines is 1. The SMILES string of the molecule is CO[C@H]1CCCN(C(=O)NCCC2CCN(c3ccncc3)CC2)C1. The van der Waals surface area contributed by atoms with Gasteiger partial charge in [0.25, 0.3) is 0 Å². The Hall–Kier alpha value is -1.82. The quantitative estimate of drug-likeness (QED) is 0.890. The van der Waals surface area contributed by atoms with E-state index in [4.69, 9.17) is 4.74 Å². The third kappa shape index (κ3) is 5.08. The Labute approximate surface area is 150 Å². The van der Waals surface area contributed by atoms with E-state index in [-0.39, 0.29) is 12.1 Å². The van der Waals surface area contributed by atoms with Crippen molar-refractivity contribution >= 4 is 11.7 Å². The summed E-state index contributed by atoms with van der Waals surface area (Å²) in [5, 5.41) is 3.10. The molecule has 1 aromatic heterocycles. The van der Waals surface area contributed by atoms with Crippen LogP contribution in [-0.4, -0.2) is 61.9 Å². The Kier molecular flexibility index (Phi) is 6.50. The number of urea groups is 1. The number of likely N-dealkylation sites (tertiary alicyclic amines) is 1. The van der Waals surface area contributed by atoms with Gasteiger partial charge in [-0.1, -0.05) is 0 Å². The van der Waals surface area contributed by atoms with Crippen LogP contribution in [0.1, 0.15) is 32.1 Å². The second kappa shape index (κ2) is 9.04. The van der Waals surface area contributed by atoms with Crippen molar-refractivity contribution in [2.75, 3.05) is 44.7 Å². The molecule has 2 amide bonds. The molecule has 0 unspecified atom stereocenters. The van der Waals surface area contributed by atoms with Crippen LogP contribution in [-0.2, 0) is 4.74 Å². The fraction of sp³-hybridized carbons (Fsp3) is 0.684. The molecule has 0 aromatic carbocycles. The number of nitrogens with zero attached hydrogens (tertiary/aromatic N) is 3. The summed E-state index contributed by atoms with van der Waals surface area (Å²) in [6, 6.07) is 4.22. The molecule has 0 bridgehead atoms. The summed E-state index contributed by atoms with van der Waals surface area (Å²) in [5.41, 5.74) is 1.26. The number of methoxy groups -OCH3 is 1. The average Bonchev–Trinajstić information content (AvgIpc) is 2.69. The summed E-state index contributed by atoms with van der Waals surface area (Å²) in [5.74, 6) is 0.700. The summed E-state index contributed by atoms with van der Waals surface area (Å²) in [7, 11) is 1.73. The maximum atomic E-state index is 12.3. The summed E-state index contributed by atoms with van der Waals surface area (Å²) in [6.45, 7) is 4.50. The molecule has 0 aliphatic carbocycles. The summed E-state index contributed by atoms with van der Waals surface area (Å²) in [4.78, 5) is 20.7. The van der Waals surface area contributed by atoms with Gasteiger partial charge >= 0.3 is 6.03 Å². The number of rotatable bonds is 5. The number of hydrogen-bond acceptors (Lipinski definition) is 4. The first-order valence-electron chi connectivity index (χ1n) is 9.47. The number of carbonyl (C=O) groups excluding carboxylic acids is 1. The van der Waals surface area contributed by atoms with Crippen molar-refractivity contribution < 1.29 is 9.53 Å². The van der Waals surface area contributed by atoms with Gasteiger partial charge in [-0.25, -0.2) is 4.79 Å². The molecule has 2 aliphatic rings. The molecule has 2 aliphatic heterocycles. The van der Waals surface area contributed by atoms with E-state index in [1.807, 2.05) is 17.3 Å². The zero-order valence-electron chi connectivity index (χ0n) is 15.2. The molecule has 0 radical (unpaired) electrons. The third-order valence-corrected chi connectivity index (χ3v) is 5.47. The number of nitrogens with one attached hydrogen (secondary N) is 1. The van der Waals surface area contributed by atoms with Crippen molar-refractivity contribution in [2.45, 2.75) is 38.2 Å². The molecule has 1 aromatic rings. The molecule has 0 saturated carbocycles. The zero-order valence-corrected chi connectivity index (χ0v) is 15.2. The van der Waals surface area contributed by atoms with E-state index in [1.165, 1.54) is 18.5 Å². The predicted molar refractivity (Wildman–Crippen MR) is 98.8 cm³/mol. The number of aromatic nitrogens is 1. The van der Waals surface area contributed by atoms with E-state index < -0.39 is 0 Å². The normalized spacial score (nSPS) is 22.0. The third-order valence-electron chi connectivity index (χ3n) is 5.47. The van der Waals surface area contributed by atoms with E-state index in [1.54, 1.807) is 7.11 Å². The minimum atomic E-state index is 0.0657. The molecule has 25 heavy (non-hydrogen) atoms. The van der Waals surface area contributed by atoms with Gasteiger partial charge in [-0.3, -0.25) is 4.98 Å². The second-order valence-corrected chi connectivity index (χ2v) is 7.10. The number of pyridine rings is 1. The molecule has 2 saturated heterocycles. The summed E-state index contributed by atoms with van der Waals surface area (Å²) >= 11 is 0. The Morgan fingerprint density at radius 1 is 1.24 bits per heavy atom. The first-order chi connectivity index (χ1) is 12.3. The highest BCUT2D eigenvalue weighted by atomic mass is 16.5. The van der Waals surface area contributed by atoms with Crippen LogP contribution in [0.3, 0.4) is 0 Å². The van der Waals surface area contributed by atoms with E-state index in [0.29, 0.717) is 12.5 Å². The minimum Gasteiger partial charge on any atom is -0.380 e. The van der Waals surface area contributed by atoms with Crippen LogP contribution >= 0.6 is 0 Å². The molecule has 0 spiro atoms. The Bertz CT molecular complexity index is 531. The lowest BCUT2D eigenvalue weighted by Crippen LogP contribution is -2.48. The molecule has 1 N–H and O–H groups in total. The predicted octanol–water partition coefficient (Wildman–Crippen LogP) is 2.51. The largest absolute Gasteiger partial charge is 0.380 e. The standard InChI is InChI=1S/C19H30N4O2/c1-25-18-3-2-12-23(15-18)19(24)21-11-4-16-7-13-22(14-8-16)17-5-9-20-10-6-17/h5-6,9-10,16,18H,2-4,7-8,11-15H2,1H3,(H,21,24)/t18-/m0/s1. The van der Waals surface area contributed by atoms with Gasteiger partial charge in [0, 0.05) is 57.9 Å². The van der Waals surface area contributed by atoms with E-state index in [2.05, 4.69) is 27.3 Å². The van der Waals surface area contributed by atoms with Crippen molar-refractivity contribution in [2.24, 2.45) is 5.92 Å². The Morgan fingerprint density at radius 3 is 2.72 bits per heavy atom. The molecule has 6 nitrogen and oxygen atoms in total. The van der Waals surface area contributed by atoms with Crippen molar-refractivity contribution in [3.05, 3.63) is 24.5 Å². The fourth-order valence-corrected chi connectivity index (χ4v) is 3.84. The number of ether oxygens (including phenoxy) is 1. The van der Waals surface area contributed by atoms with Gasteiger partial charge in [0.15, 0.2) is 0 Å². The Morgan fingerprint density at radius 2 is 2.00 bits per heavy atom. The van der Waals surface area contributed by atoms with Crippen molar-refractivity contribution in [3.8, 4) is 0 Å². The Balaban J connectivity index is 1.34. The molecule has 1 atom stereocenters. The fourth-order valence-electron chi connectivity index (χ4n) is 3.84. The van der Waals surface area contributed by atoms with E-state index in [0.717, 1.165) is 45.4 Å². The first-order valence-corrected chi connectivity index (χ1v) is 9.47. The highest BCUT2D eigenvalue weighted by Crippen LogP contribution is 2.24. The minimum absolute atomic E-state index is 0.0657. The van der Waals surface area contributed by atoms with Gasteiger partial charge in [-0.2, -0.15) is 0 Å². The van der Waals surface area contributed by atoms with Crippen molar-refractivity contribution in [3.63, 3.8) is 0 Å². The van der Waals surface area contributed by atoms with Crippen LogP contribution in [0.5, 0.6) is 0 Å². The van der Waals surface area contributed by atoms with Crippen LogP contribution in [0.2, 0.25) is 0 Å². The van der Waals surface area contributed by atoms with Gasteiger partial charge < -0.3 is 19.9 Å². The van der Waals surface area contributed by atoms with Crippen molar-refractivity contribution in [1.82, 2.24) is 15.2 Å². The maximum absolute atomic E-state index is 12.3. The topological polar surface area (TPSA) is 57.7 Å². The number of hydrogen-bond donors (Lipinski definition) is 1. The van der Waals surface area contributed by atoms with Crippen LogP contribution in [0.15, 0.2) is 24.5 Å². The maximum Gasteiger partial charge on any atom is 0.317 e. The lowest BCUT2D eigenvalue weighted by atomic mass is 9.93. The molecule has 3 rings (SSSR count). The molecular formula is C19H30N4O2.